The number of sulfonamides is 1. The zero-order valence-electron chi connectivity index (χ0n) is 22.9. The van der Waals surface area contributed by atoms with E-state index in [1.165, 1.54) is 24.1 Å². The van der Waals surface area contributed by atoms with Crippen molar-refractivity contribution in [2.75, 3.05) is 31.0 Å². The van der Waals surface area contributed by atoms with E-state index in [0.717, 1.165) is 9.87 Å². The molecule has 39 heavy (non-hydrogen) atoms. The fourth-order valence-electron chi connectivity index (χ4n) is 4.09. The quantitative estimate of drug-likeness (QED) is 0.345. The number of hydrogen-bond donors (Lipinski definition) is 1. The largest absolute Gasteiger partial charge is 0.495 e. The summed E-state index contributed by atoms with van der Waals surface area (Å²) in [4.78, 5) is 28.4. The molecule has 0 fully saturated rings. The second kappa shape index (κ2) is 13.8. The van der Waals surface area contributed by atoms with Gasteiger partial charge in [0, 0.05) is 13.1 Å². The highest BCUT2D eigenvalue weighted by Gasteiger charge is 2.33. The number of amides is 2. The number of anilines is 1. The standard InChI is InChI=1S/C30H37N3O5S/c1-23(2)21-31-30(35)24(3)32(20-19-25-13-7-5-8-14-25)29(34)22-33(27-17-11-12-18-28(27)38-4)39(36,37)26-15-9-6-10-16-26/h5-18,23-24H,19-22H2,1-4H3,(H,31,35)/t24-/m1/s1. The lowest BCUT2D eigenvalue weighted by atomic mass is 10.1. The molecule has 0 heterocycles. The van der Waals surface area contributed by atoms with Gasteiger partial charge in [0.15, 0.2) is 0 Å². The minimum atomic E-state index is -4.14. The Morgan fingerprint density at radius 3 is 2.08 bits per heavy atom. The minimum Gasteiger partial charge on any atom is -0.495 e. The normalized spacial score (nSPS) is 12.0. The molecule has 0 aromatic heterocycles. The minimum absolute atomic E-state index is 0.0438. The summed E-state index contributed by atoms with van der Waals surface area (Å²) < 4.78 is 34.2. The molecule has 0 bridgehead atoms. The molecule has 208 valence electrons. The van der Waals surface area contributed by atoms with Gasteiger partial charge in [-0.05, 0) is 49.1 Å². The van der Waals surface area contributed by atoms with Gasteiger partial charge in [-0.25, -0.2) is 8.42 Å². The fraction of sp³-hybridized carbons (Fsp3) is 0.333. The highest BCUT2D eigenvalue weighted by molar-refractivity contribution is 7.92. The molecule has 2 amide bonds. The maximum atomic E-state index is 13.9. The average Bonchev–Trinajstić information content (AvgIpc) is 2.95. The SMILES string of the molecule is COc1ccccc1N(CC(=O)N(CCc1ccccc1)[C@H](C)C(=O)NCC(C)C)S(=O)(=O)c1ccccc1. The molecule has 1 N–H and O–H groups in total. The molecule has 0 aliphatic carbocycles. The van der Waals surface area contributed by atoms with Crippen LogP contribution < -0.4 is 14.4 Å². The lowest BCUT2D eigenvalue weighted by molar-refractivity contribution is -0.138. The highest BCUT2D eigenvalue weighted by Crippen LogP contribution is 2.32. The van der Waals surface area contributed by atoms with Crippen molar-refractivity contribution < 1.29 is 22.7 Å². The monoisotopic (exact) mass is 551 g/mol. The van der Waals surface area contributed by atoms with Crippen molar-refractivity contribution in [3.05, 3.63) is 90.5 Å². The molecule has 0 aliphatic rings. The van der Waals surface area contributed by atoms with Crippen LogP contribution in [0.15, 0.2) is 89.8 Å². The van der Waals surface area contributed by atoms with Gasteiger partial charge in [0.2, 0.25) is 11.8 Å². The van der Waals surface area contributed by atoms with Gasteiger partial charge < -0.3 is 15.0 Å². The van der Waals surface area contributed by atoms with E-state index in [4.69, 9.17) is 4.74 Å². The van der Waals surface area contributed by atoms with E-state index in [-0.39, 0.29) is 29.0 Å². The number of nitrogens with one attached hydrogen (secondary N) is 1. The van der Waals surface area contributed by atoms with Crippen molar-refractivity contribution in [3.63, 3.8) is 0 Å². The van der Waals surface area contributed by atoms with Crippen molar-refractivity contribution in [2.24, 2.45) is 5.92 Å². The second-order valence-corrected chi connectivity index (χ2v) is 11.5. The maximum Gasteiger partial charge on any atom is 0.264 e. The molecule has 0 saturated heterocycles. The average molecular weight is 552 g/mol. The number of benzene rings is 3. The first kappa shape index (κ1) is 29.7. The molecule has 8 nitrogen and oxygen atoms in total. The topological polar surface area (TPSA) is 96.0 Å². The smallest absolute Gasteiger partial charge is 0.264 e. The summed E-state index contributed by atoms with van der Waals surface area (Å²) in [7, 11) is -2.70. The van der Waals surface area contributed by atoms with E-state index in [1.54, 1.807) is 49.4 Å². The van der Waals surface area contributed by atoms with Gasteiger partial charge in [0.1, 0.15) is 18.3 Å². The van der Waals surface area contributed by atoms with Gasteiger partial charge >= 0.3 is 0 Å². The molecule has 0 saturated carbocycles. The van der Waals surface area contributed by atoms with Crippen LogP contribution in [0.4, 0.5) is 5.69 Å². The van der Waals surface area contributed by atoms with Crippen LogP contribution >= 0.6 is 0 Å². The van der Waals surface area contributed by atoms with Gasteiger partial charge in [-0.2, -0.15) is 0 Å². The molecular weight excluding hydrogens is 514 g/mol. The van der Waals surface area contributed by atoms with Gasteiger partial charge in [0.25, 0.3) is 10.0 Å². The number of carbonyl (C=O) groups is 2. The number of methoxy groups -OCH3 is 1. The van der Waals surface area contributed by atoms with Crippen molar-refractivity contribution in [2.45, 2.75) is 38.1 Å². The van der Waals surface area contributed by atoms with Crippen LogP contribution in [-0.2, 0) is 26.0 Å². The van der Waals surface area contributed by atoms with E-state index in [9.17, 15) is 18.0 Å². The Labute approximate surface area is 231 Å². The van der Waals surface area contributed by atoms with E-state index in [2.05, 4.69) is 5.32 Å². The zero-order valence-corrected chi connectivity index (χ0v) is 23.7. The third-order valence-corrected chi connectivity index (χ3v) is 8.07. The van der Waals surface area contributed by atoms with Gasteiger partial charge in [0.05, 0.1) is 17.7 Å². The number of ether oxygens (including phenoxy) is 1. The van der Waals surface area contributed by atoms with Crippen molar-refractivity contribution >= 4 is 27.5 Å². The van der Waals surface area contributed by atoms with Crippen LogP contribution in [0.25, 0.3) is 0 Å². The Hall–Kier alpha value is -3.85. The van der Waals surface area contributed by atoms with Crippen LogP contribution in [0.1, 0.15) is 26.3 Å². The number of hydrogen-bond acceptors (Lipinski definition) is 5. The summed E-state index contributed by atoms with van der Waals surface area (Å²) in [5, 5.41) is 2.89. The van der Waals surface area contributed by atoms with Crippen LogP contribution in [0.5, 0.6) is 5.75 Å². The number of carbonyl (C=O) groups excluding carboxylic acids is 2. The molecule has 3 aromatic rings. The number of para-hydroxylation sites is 2. The summed E-state index contributed by atoms with van der Waals surface area (Å²) in [6.45, 7) is 5.85. The predicted molar refractivity (Wildman–Crippen MR) is 153 cm³/mol. The summed E-state index contributed by atoms with van der Waals surface area (Å²) in [6, 6.07) is 23.4. The molecule has 3 rings (SSSR count). The lowest BCUT2D eigenvalue weighted by Crippen LogP contribution is -2.52. The highest BCUT2D eigenvalue weighted by atomic mass is 32.2. The van der Waals surface area contributed by atoms with Crippen molar-refractivity contribution in [3.8, 4) is 5.75 Å². The Bertz CT molecular complexity index is 1330. The first-order chi connectivity index (χ1) is 18.6. The van der Waals surface area contributed by atoms with Crippen LogP contribution in [0, 0.1) is 5.92 Å². The summed E-state index contributed by atoms with van der Waals surface area (Å²) in [5.74, 6) is -0.238. The Morgan fingerprint density at radius 1 is 0.872 bits per heavy atom. The lowest BCUT2D eigenvalue weighted by Gasteiger charge is -2.32. The molecular formula is C30H37N3O5S. The maximum absolute atomic E-state index is 13.9. The van der Waals surface area contributed by atoms with E-state index in [1.807, 2.05) is 44.2 Å². The van der Waals surface area contributed by atoms with E-state index < -0.39 is 28.5 Å². The van der Waals surface area contributed by atoms with Gasteiger partial charge in [-0.15, -0.1) is 0 Å². The summed E-state index contributed by atoms with van der Waals surface area (Å²) in [5.41, 5.74) is 1.24. The predicted octanol–water partition coefficient (Wildman–Crippen LogP) is 4.12. The van der Waals surface area contributed by atoms with Crippen LogP contribution in [0.3, 0.4) is 0 Å². The van der Waals surface area contributed by atoms with Crippen LogP contribution in [-0.4, -0.2) is 57.9 Å². The zero-order chi connectivity index (χ0) is 28.4. The number of rotatable bonds is 13. The Balaban J connectivity index is 1.98. The molecule has 1 atom stereocenters. The first-order valence-electron chi connectivity index (χ1n) is 13.0. The third kappa shape index (κ3) is 7.83. The van der Waals surface area contributed by atoms with Crippen molar-refractivity contribution in [1.29, 1.82) is 0 Å². The number of nitrogens with zero attached hydrogens (tertiary/aromatic N) is 2. The van der Waals surface area contributed by atoms with E-state index in [0.29, 0.717) is 18.7 Å². The van der Waals surface area contributed by atoms with Gasteiger partial charge in [-0.1, -0.05) is 74.5 Å². The van der Waals surface area contributed by atoms with Crippen molar-refractivity contribution in [1.82, 2.24) is 10.2 Å². The molecule has 0 spiro atoms. The molecule has 9 heteroatoms. The first-order valence-corrected chi connectivity index (χ1v) is 14.4. The third-order valence-electron chi connectivity index (χ3n) is 6.30. The Kier molecular flexibility index (Phi) is 10.5. The second-order valence-electron chi connectivity index (χ2n) is 9.63. The molecule has 0 aliphatic heterocycles. The Morgan fingerprint density at radius 2 is 1.46 bits per heavy atom. The van der Waals surface area contributed by atoms with E-state index >= 15 is 0 Å². The molecule has 0 radical (unpaired) electrons. The molecule has 0 unspecified atom stereocenters. The van der Waals surface area contributed by atoms with Gasteiger partial charge in [-0.3, -0.25) is 13.9 Å². The summed E-state index contributed by atoms with van der Waals surface area (Å²) >= 11 is 0. The van der Waals surface area contributed by atoms with Crippen LogP contribution in [0.2, 0.25) is 0 Å². The summed E-state index contributed by atoms with van der Waals surface area (Å²) in [6.07, 6.45) is 0.508. The molecule has 3 aromatic carbocycles. The fourth-order valence-corrected chi connectivity index (χ4v) is 5.54.